The number of hydrogen-bond donors (Lipinski definition) is 2. The summed E-state index contributed by atoms with van der Waals surface area (Å²) in [5.74, 6) is 0. The van der Waals surface area contributed by atoms with Crippen LogP contribution < -0.4 is 11.1 Å². The summed E-state index contributed by atoms with van der Waals surface area (Å²) in [6.07, 6.45) is 4.10. The van der Waals surface area contributed by atoms with Crippen LogP contribution in [0.5, 0.6) is 0 Å². The summed E-state index contributed by atoms with van der Waals surface area (Å²) in [5.41, 5.74) is 5.47. The number of hydrogen-bond acceptors (Lipinski definition) is 3. The highest BCUT2D eigenvalue weighted by Crippen LogP contribution is 2.14. The lowest BCUT2D eigenvalue weighted by Crippen LogP contribution is -2.34. The average Bonchev–Trinajstić information content (AvgIpc) is 2.57. The molecule has 0 spiro atoms. The molecule has 1 aliphatic heterocycles. The Labute approximate surface area is 74.7 Å². The summed E-state index contributed by atoms with van der Waals surface area (Å²) >= 11 is 0. The van der Waals surface area contributed by atoms with Crippen molar-refractivity contribution in [1.29, 1.82) is 0 Å². The molecule has 0 aromatic carbocycles. The Bertz CT molecular complexity index is 113. The maximum Gasteiger partial charge on any atom is 0.0588 e. The molecule has 1 fully saturated rings. The lowest BCUT2D eigenvalue weighted by Gasteiger charge is -2.13. The van der Waals surface area contributed by atoms with Crippen molar-refractivity contribution in [2.45, 2.75) is 38.3 Å². The lowest BCUT2D eigenvalue weighted by atomic mass is 10.2. The van der Waals surface area contributed by atoms with E-state index in [2.05, 4.69) is 12.2 Å². The molecule has 1 saturated heterocycles. The first-order chi connectivity index (χ1) is 5.83. The van der Waals surface area contributed by atoms with Crippen LogP contribution in [0.25, 0.3) is 0 Å². The van der Waals surface area contributed by atoms with Crippen LogP contribution in [0.15, 0.2) is 0 Å². The van der Waals surface area contributed by atoms with Crippen molar-refractivity contribution in [1.82, 2.24) is 5.32 Å². The third kappa shape index (κ3) is 3.52. The fourth-order valence-electron chi connectivity index (χ4n) is 1.45. The monoisotopic (exact) mass is 172 g/mol. The maximum atomic E-state index is 5.50. The molecule has 72 valence electrons. The van der Waals surface area contributed by atoms with Gasteiger partial charge in [0.2, 0.25) is 0 Å². The van der Waals surface area contributed by atoms with Crippen molar-refractivity contribution in [2.75, 3.05) is 19.7 Å². The summed E-state index contributed by atoms with van der Waals surface area (Å²) in [7, 11) is 0. The SMILES string of the molecule is C[C@@H](CN)NCCC1CCCO1. The van der Waals surface area contributed by atoms with E-state index in [1.165, 1.54) is 12.8 Å². The van der Waals surface area contributed by atoms with Gasteiger partial charge in [0.1, 0.15) is 0 Å². The van der Waals surface area contributed by atoms with Gasteiger partial charge in [0.25, 0.3) is 0 Å². The summed E-state index contributed by atoms with van der Waals surface area (Å²) < 4.78 is 5.50. The normalized spacial score (nSPS) is 26.0. The van der Waals surface area contributed by atoms with Crippen molar-refractivity contribution in [3.8, 4) is 0 Å². The Balaban J connectivity index is 1.94. The fourth-order valence-corrected chi connectivity index (χ4v) is 1.45. The molecule has 12 heavy (non-hydrogen) atoms. The standard InChI is InChI=1S/C9H20N2O/c1-8(7-10)11-5-4-9-3-2-6-12-9/h8-9,11H,2-7,10H2,1H3/t8-,9?/m0/s1. The summed E-state index contributed by atoms with van der Waals surface area (Å²) in [5, 5.41) is 3.35. The van der Waals surface area contributed by atoms with E-state index < -0.39 is 0 Å². The average molecular weight is 172 g/mol. The van der Waals surface area contributed by atoms with Gasteiger partial charge in [-0.3, -0.25) is 0 Å². The minimum Gasteiger partial charge on any atom is -0.378 e. The summed E-state index contributed by atoms with van der Waals surface area (Å²) in [6.45, 7) is 4.81. The van der Waals surface area contributed by atoms with Gasteiger partial charge in [-0.25, -0.2) is 0 Å². The van der Waals surface area contributed by atoms with E-state index >= 15 is 0 Å². The summed E-state index contributed by atoms with van der Waals surface area (Å²) in [6, 6.07) is 0.436. The molecule has 3 N–H and O–H groups in total. The first kappa shape index (κ1) is 9.96. The zero-order valence-corrected chi connectivity index (χ0v) is 7.88. The van der Waals surface area contributed by atoms with E-state index in [0.717, 1.165) is 19.6 Å². The van der Waals surface area contributed by atoms with E-state index in [4.69, 9.17) is 10.5 Å². The molecule has 1 unspecified atom stereocenters. The molecule has 3 nitrogen and oxygen atoms in total. The van der Waals surface area contributed by atoms with Gasteiger partial charge in [-0.1, -0.05) is 0 Å². The molecule has 0 aromatic heterocycles. The van der Waals surface area contributed by atoms with Gasteiger partial charge in [-0.2, -0.15) is 0 Å². The minimum atomic E-state index is 0.436. The van der Waals surface area contributed by atoms with Crippen molar-refractivity contribution >= 4 is 0 Å². The molecule has 1 heterocycles. The van der Waals surface area contributed by atoms with Crippen LogP contribution in [0.4, 0.5) is 0 Å². The zero-order chi connectivity index (χ0) is 8.81. The van der Waals surface area contributed by atoms with Crippen LogP contribution >= 0.6 is 0 Å². The van der Waals surface area contributed by atoms with Crippen LogP contribution in [-0.4, -0.2) is 31.8 Å². The second-order valence-electron chi connectivity index (χ2n) is 3.51. The van der Waals surface area contributed by atoms with Gasteiger partial charge in [0, 0.05) is 19.2 Å². The van der Waals surface area contributed by atoms with E-state index in [9.17, 15) is 0 Å². The molecule has 1 rings (SSSR count). The van der Waals surface area contributed by atoms with E-state index in [-0.39, 0.29) is 0 Å². The maximum absolute atomic E-state index is 5.50. The predicted octanol–water partition coefficient (Wildman–Crippen LogP) is 0.492. The second kappa shape index (κ2) is 5.51. The zero-order valence-electron chi connectivity index (χ0n) is 7.88. The molecular formula is C9H20N2O. The number of ether oxygens (including phenoxy) is 1. The Kier molecular flexibility index (Phi) is 4.58. The third-order valence-electron chi connectivity index (χ3n) is 2.34. The molecular weight excluding hydrogens is 152 g/mol. The third-order valence-corrected chi connectivity index (χ3v) is 2.34. The molecule has 0 radical (unpaired) electrons. The van der Waals surface area contributed by atoms with Crippen molar-refractivity contribution in [3.63, 3.8) is 0 Å². The van der Waals surface area contributed by atoms with Gasteiger partial charge in [-0.05, 0) is 32.7 Å². The van der Waals surface area contributed by atoms with Crippen LogP contribution in [0.1, 0.15) is 26.2 Å². The molecule has 3 heteroatoms. The van der Waals surface area contributed by atoms with Gasteiger partial charge >= 0.3 is 0 Å². The predicted molar refractivity (Wildman–Crippen MR) is 50.1 cm³/mol. The van der Waals surface area contributed by atoms with Crippen LogP contribution in [0.2, 0.25) is 0 Å². The van der Waals surface area contributed by atoms with Gasteiger partial charge in [-0.15, -0.1) is 0 Å². The Morgan fingerprint density at radius 2 is 2.50 bits per heavy atom. The fraction of sp³-hybridized carbons (Fsp3) is 1.00. The minimum absolute atomic E-state index is 0.436. The number of rotatable bonds is 5. The highest BCUT2D eigenvalue weighted by atomic mass is 16.5. The molecule has 2 atom stereocenters. The molecule has 0 saturated carbocycles. The largest absolute Gasteiger partial charge is 0.378 e. The molecule has 0 bridgehead atoms. The Morgan fingerprint density at radius 1 is 1.67 bits per heavy atom. The van der Waals surface area contributed by atoms with Crippen LogP contribution in [0, 0.1) is 0 Å². The van der Waals surface area contributed by atoms with E-state index in [1.54, 1.807) is 0 Å². The first-order valence-corrected chi connectivity index (χ1v) is 4.88. The van der Waals surface area contributed by atoms with Crippen LogP contribution in [-0.2, 0) is 4.74 Å². The van der Waals surface area contributed by atoms with Crippen molar-refractivity contribution < 1.29 is 4.74 Å². The quantitative estimate of drug-likeness (QED) is 0.634. The van der Waals surface area contributed by atoms with Crippen molar-refractivity contribution in [3.05, 3.63) is 0 Å². The first-order valence-electron chi connectivity index (χ1n) is 4.88. The highest BCUT2D eigenvalue weighted by Gasteiger charge is 2.14. The van der Waals surface area contributed by atoms with E-state index in [1.807, 2.05) is 0 Å². The Hall–Kier alpha value is -0.120. The number of nitrogens with one attached hydrogen (secondary N) is 1. The molecule has 0 amide bonds. The molecule has 0 aromatic rings. The van der Waals surface area contributed by atoms with Gasteiger partial charge in [0.15, 0.2) is 0 Å². The van der Waals surface area contributed by atoms with Gasteiger partial charge in [0.05, 0.1) is 6.10 Å². The summed E-state index contributed by atoms with van der Waals surface area (Å²) in [4.78, 5) is 0. The lowest BCUT2D eigenvalue weighted by molar-refractivity contribution is 0.104. The van der Waals surface area contributed by atoms with E-state index in [0.29, 0.717) is 18.7 Å². The molecule has 0 aliphatic carbocycles. The Morgan fingerprint density at radius 3 is 3.08 bits per heavy atom. The smallest absolute Gasteiger partial charge is 0.0588 e. The molecule has 1 aliphatic rings. The number of nitrogens with two attached hydrogens (primary N) is 1. The highest BCUT2D eigenvalue weighted by molar-refractivity contribution is 4.68. The van der Waals surface area contributed by atoms with Gasteiger partial charge < -0.3 is 15.8 Å². The topological polar surface area (TPSA) is 47.3 Å². The van der Waals surface area contributed by atoms with Crippen molar-refractivity contribution in [2.24, 2.45) is 5.73 Å². The second-order valence-corrected chi connectivity index (χ2v) is 3.51. The van der Waals surface area contributed by atoms with Crippen LogP contribution in [0.3, 0.4) is 0 Å².